The lowest BCUT2D eigenvalue weighted by Crippen LogP contribution is -2.44. The van der Waals surface area contributed by atoms with Gasteiger partial charge < -0.3 is 20.3 Å². The highest BCUT2D eigenvalue weighted by Crippen LogP contribution is 2.28. The van der Waals surface area contributed by atoms with Gasteiger partial charge in [-0.25, -0.2) is 9.78 Å². The highest BCUT2D eigenvalue weighted by atomic mass is 32.2. The Labute approximate surface area is 170 Å². The molecular formula is C19H18N4O5S. The second-order valence-corrected chi connectivity index (χ2v) is 7.24. The predicted molar refractivity (Wildman–Crippen MR) is 102 cm³/mol. The zero-order valence-corrected chi connectivity index (χ0v) is 15.9. The molecule has 2 aromatic rings. The highest BCUT2D eigenvalue weighted by molar-refractivity contribution is 7.99. The number of nitrogens with zero attached hydrogens (tertiary/aromatic N) is 2. The average molecular weight is 414 g/mol. The van der Waals surface area contributed by atoms with Crippen LogP contribution >= 0.6 is 11.8 Å². The third-order valence-corrected chi connectivity index (χ3v) is 5.14. The van der Waals surface area contributed by atoms with Crippen LogP contribution in [0, 0.1) is 11.3 Å². The van der Waals surface area contributed by atoms with Crippen LogP contribution in [-0.2, 0) is 4.74 Å². The Bertz CT molecular complexity index is 934. The number of amides is 3. The predicted octanol–water partition coefficient (Wildman–Crippen LogP) is 1.01. The van der Waals surface area contributed by atoms with Crippen LogP contribution in [0.4, 0.5) is 4.79 Å². The SMILES string of the molecule is N#Cc1cc(C(=O)NC(=O)N[C@H]2C[C@H](O)[C@@H](CO)O2)cnc1Sc1ccccc1. The van der Waals surface area contributed by atoms with Gasteiger partial charge in [0.25, 0.3) is 5.91 Å². The third kappa shape index (κ3) is 5.30. The normalized spacial score (nSPS) is 20.7. The van der Waals surface area contributed by atoms with Gasteiger partial charge in [0.15, 0.2) is 0 Å². The number of aromatic nitrogens is 1. The van der Waals surface area contributed by atoms with E-state index >= 15 is 0 Å². The summed E-state index contributed by atoms with van der Waals surface area (Å²) in [6, 6.07) is 11.9. The molecule has 1 aromatic carbocycles. The van der Waals surface area contributed by atoms with E-state index in [9.17, 15) is 20.0 Å². The topological polar surface area (TPSA) is 145 Å². The fourth-order valence-electron chi connectivity index (χ4n) is 2.68. The maximum atomic E-state index is 12.3. The highest BCUT2D eigenvalue weighted by Gasteiger charge is 2.34. The van der Waals surface area contributed by atoms with E-state index in [0.29, 0.717) is 5.03 Å². The molecule has 1 aromatic heterocycles. The maximum absolute atomic E-state index is 12.3. The molecule has 1 aliphatic rings. The number of carbonyl (C=O) groups is 2. The Morgan fingerprint density at radius 3 is 2.76 bits per heavy atom. The van der Waals surface area contributed by atoms with Crippen molar-refractivity contribution in [2.45, 2.75) is 34.8 Å². The number of carbonyl (C=O) groups excluding carboxylic acids is 2. The quantitative estimate of drug-likeness (QED) is 0.567. The number of hydrogen-bond acceptors (Lipinski definition) is 8. The van der Waals surface area contributed by atoms with Crippen molar-refractivity contribution in [3.05, 3.63) is 53.7 Å². The fraction of sp³-hybridized carbons (Fsp3) is 0.263. The number of aliphatic hydroxyl groups excluding tert-OH is 2. The lowest BCUT2D eigenvalue weighted by molar-refractivity contribution is -0.0272. The molecular weight excluding hydrogens is 396 g/mol. The number of pyridine rings is 1. The second kappa shape index (κ2) is 9.49. The molecule has 1 fully saturated rings. The summed E-state index contributed by atoms with van der Waals surface area (Å²) >= 11 is 1.29. The lowest BCUT2D eigenvalue weighted by atomic mass is 10.2. The van der Waals surface area contributed by atoms with E-state index in [1.54, 1.807) is 0 Å². The number of nitriles is 1. The van der Waals surface area contributed by atoms with Gasteiger partial charge in [0, 0.05) is 17.5 Å². The van der Waals surface area contributed by atoms with Gasteiger partial charge in [-0.15, -0.1) is 0 Å². The molecule has 150 valence electrons. The molecule has 10 heteroatoms. The van der Waals surface area contributed by atoms with Crippen molar-refractivity contribution in [2.75, 3.05) is 6.61 Å². The molecule has 0 bridgehead atoms. The van der Waals surface area contributed by atoms with Crippen molar-refractivity contribution < 1.29 is 24.5 Å². The first-order valence-electron chi connectivity index (χ1n) is 8.69. The first-order chi connectivity index (χ1) is 14.0. The number of benzene rings is 1. The Balaban J connectivity index is 1.62. The van der Waals surface area contributed by atoms with Crippen molar-refractivity contribution in [3.8, 4) is 6.07 Å². The van der Waals surface area contributed by atoms with E-state index < -0.39 is 30.4 Å². The molecule has 0 unspecified atom stereocenters. The number of hydrogen-bond donors (Lipinski definition) is 4. The largest absolute Gasteiger partial charge is 0.394 e. The van der Waals surface area contributed by atoms with Crippen LogP contribution in [0.15, 0.2) is 52.5 Å². The van der Waals surface area contributed by atoms with Crippen LogP contribution in [0.3, 0.4) is 0 Å². The van der Waals surface area contributed by atoms with Gasteiger partial charge in [-0.3, -0.25) is 10.1 Å². The maximum Gasteiger partial charge on any atom is 0.323 e. The molecule has 4 N–H and O–H groups in total. The van der Waals surface area contributed by atoms with E-state index in [0.717, 1.165) is 4.90 Å². The van der Waals surface area contributed by atoms with Gasteiger partial charge in [0.05, 0.1) is 23.8 Å². The minimum absolute atomic E-state index is 0.0507. The summed E-state index contributed by atoms with van der Waals surface area (Å²) in [5, 5.41) is 33.0. The van der Waals surface area contributed by atoms with Crippen LogP contribution in [-0.4, -0.2) is 52.2 Å². The van der Waals surface area contributed by atoms with Crippen molar-refractivity contribution >= 4 is 23.7 Å². The molecule has 9 nitrogen and oxygen atoms in total. The molecule has 0 aliphatic carbocycles. The Morgan fingerprint density at radius 2 is 2.10 bits per heavy atom. The monoisotopic (exact) mass is 414 g/mol. The summed E-state index contributed by atoms with van der Waals surface area (Å²) in [6.45, 7) is -0.379. The first-order valence-corrected chi connectivity index (χ1v) is 9.51. The number of ether oxygens (including phenoxy) is 1. The van der Waals surface area contributed by atoms with Crippen molar-refractivity contribution in [2.24, 2.45) is 0 Å². The van der Waals surface area contributed by atoms with Crippen LogP contribution < -0.4 is 10.6 Å². The van der Waals surface area contributed by atoms with Gasteiger partial charge in [0.2, 0.25) is 0 Å². The molecule has 2 heterocycles. The molecule has 1 saturated heterocycles. The van der Waals surface area contributed by atoms with Gasteiger partial charge in [-0.2, -0.15) is 5.26 Å². The van der Waals surface area contributed by atoms with E-state index in [1.807, 2.05) is 36.4 Å². The zero-order chi connectivity index (χ0) is 20.8. The average Bonchev–Trinajstić information content (AvgIpc) is 3.07. The minimum Gasteiger partial charge on any atom is -0.394 e. The lowest BCUT2D eigenvalue weighted by Gasteiger charge is -2.14. The summed E-state index contributed by atoms with van der Waals surface area (Å²) in [5.74, 6) is -0.736. The van der Waals surface area contributed by atoms with Gasteiger partial charge in [-0.05, 0) is 18.2 Å². The zero-order valence-electron chi connectivity index (χ0n) is 15.1. The summed E-state index contributed by atoms with van der Waals surface area (Å²) in [6.07, 6.45) is -1.14. The van der Waals surface area contributed by atoms with Crippen LogP contribution in [0.5, 0.6) is 0 Å². The standard InChI is InChI=1S/C19H18N4O5S/c20-8-11-6-12(9-21-18(11)29-13-4-2-1-3-5-13)17(26)23-19(27)22-16-7-14(25)15(10-24)28-16/h1-6,9,14-16,24-25H,7,10H2,(H2,22,23,26,27)/t14-,15+,16+/m0/s1. The molecule has 0 spiro atoms. The fourth-order valence-corrected chi connectivity index (χ4v) is 3.52. The number of nitrogens with one attached hydrogen (secondary N) is 2. The number of aliphatic hydroxyl groups is 2. The van der Waals surface area contributed by atoms with Gasteiger partial charge >= 0.3 is 6.03 Å². The van der Waals surface area contributed by atoms with E-state index in [-0.39, 0.29) is 24.2 Å². The molecule has 0 saturated carbocycles. The summed E-state index contributed by atoms with van der Waals surface area (Å²) in [5.41, 5.74) is 0.259. The molecule has 3 atom stereocenters. The van der Waals surface area contributed by atoms with E-state index in [4.69, 9.17) is 9.84 Å². The van der Waals surface area contributed by atoms with Gasteiger partial charge in [0.1, 0.15) is 23.4 Å². The summed E-state index contributed by atoms with van der Waals surface area (Å²) in [4.78, 5) is 29.3. The Kier molecular flexibility index (Phi) is 6.79. The van der Waals surface area contributed by atoms with Crippen molar-refractivity contribution in [1.29, 1.82) is 5.26 Å². The molecule has 29 heavy (non-hydrogen) atoms. The second-order valence-electron chi connectivity index (χ2n) is 6.18. The summed E-state index contributed by atoms with van der Waals surface area (Å²) in [7, 11) is 0. The molecule has 3 rings (SSSR count). The van der Waals surface area contributed by atoms with Crippen LogP contribution in [0.1, 0.15) is 22.3 Å². The first kappa shape index (κ1) is 20.8. The minimum atomic E-state index is -0.905. The Morgan fingerprint density at radius 1 is 1.34 bits per heavy atom. The van der Waals surface area contributed by atoms with Crippen LogP contribution in [0.25, 0.3) is 0 Å². The number of urea groups is 1. The number of imide groups is 1. The molecule has 1 aliphatic heterocycles. The van der Waals surface area contributed by atoms with E-state index in [2.05, 4.69) is 15.6 Å². The van der Waals surface area contributed by atoms with Crippen LogP contribution in [0.2, 0.25) is 0 Å². The molecule has 3 amide bonds. The number of rotatable bonds is 5. The van der Waals surface area contributed by atoms with Crippen molar-refractivity contribution in [1.82, 2.24) is 15.6 Å². The third-order valence-electron chi connectivity index (χ3n) is 4.11. The van der Waals surface area contributed by atoms with E-state index in [1.165, 1.54) is 24.0 Å². The van der Waals surface area contributed by atoms with Gasteiger partial charge in [-0.1, -0.05) is 30.0 Å². The van der Waals surface area contributed by atoms with Crippen molar-refractivity contribution in [3.63, 3.8) is 0 Å². The Hall–Kier alpha value is -2.97. The summed E-state index contributed by atoms with van der Waals surface area (Å²) < 4.78 is 5.25. The smallest absolute Gasteiger partial charge is 0.323 e. The molecule has 0 radical (unpaired) electrons.